The predicted octanol–water partition coefficient (Wildman–Crippen LogP) is -1.06. The SMILES string of the molecule is CC(=O)CN[NH3+].CCNCC. The molecule has 0 aliphatic carbocycles. The second kappa shape index (κ2) is 12.2. The van der Waals surface area contributed by atoms with E-state index < -0.39 is 0 Å². The molecular weight excluding hydrogens is 142 g/mol. The second-order valence-corrected chi connectivity index (χ2v) is 2.09. The quantitative estimate of drug-likeness (QED) is 0.461. The molecule has 0 saturated carbocycles. The van der Waals surface area contributed by atoms with Crippen LogP contribution in [0.1, 0.15) is 20.8 Å². The number of rotatable bonds is 4. The van der Waals surface area contributed by atoms with Gasteiger partial charge in [0.15, 0.2) is 0 Å². The Morgan fingerprint density at radius 3 is 1.82 bits per heavy atom. The second-order valence-electron chi connectivity index (χ2n) is 2.09. The monoisotopic (exact) mass is 162 g/mol. The molecule has 11 heavy (non-hydrogen) atoms. The summed E-state index contributed by atoms with van der Waals surface area (Å²) in [6, 6.07) is 0. The average Bonchev–Trinajstić information content (AvgIpc) is 1.90. The van der Waals surface area contributed by atoms with E-state index in [0.717, 1.165) is 13.1 Å². The molecule has 4 nitrogen and oxygen atoms in total. The van der Waals surface area contributed by atoms with E-state index in [2.05, 4.69) is 30.4 Å². The zero-order valence-corrected chi connectivity index (χ0v) is 7.74. The Labute approximate surface area is 68.5 Å². The van der Waals surface area contributed by atoms with E-state index in [1.807, 2.05) is 0 Å². The first kappa shape index (κ1) is 13.2. The van der Waals surface area contributed by atoms with Gasteiger partial charge in [-0.05, 0) is 20.0 Å². The number of ketones is 1. The molecule has 0 aromatic rings. The van der Waals surface area contributed by atoms with Crippen molar-refractivity contribution in [2.24, 2.45) is 0 Å². The minimum absolute atomic E-state index is 0.116. The fourth-order valence-electron chi connectivity index (χ4n) is 0.426. The molecule has 0 bridgehead atoms. The first-order valence-corrected chi connectivity index (χ1v) is 3.89. The maximum absolute atomic E-state index is 9.94. The highest BCUT2D eigenvalue weighted by Gasteiger charge is 1.84. The van der Waals surface area contributed by atoms with Gasteiger partial charge in [-0.25, -0.2) is 0 Å². The van der Waals surface area contributed by atoms with Crippen LogP contribution in [0.5, 0.6) is 0 Å². The van der Waals surface area contributed by atoms with Crippen molar-refractivity contribution in [2.75, 3.05) is 19.6 Å². The van der Waals surface area contributed by atoms with Gasteiger partial charge in [-0.2, -0.15) is 5.43 Å². The van der Waals surface area contributed by atoms with Crippen LogP contribution in [0.2, 0.25) is 0 Å². The minimum Gasteiger partial charge on any atom is -0.317 e. The number of Topliss-reactive ketones (excluding diaryl/α,β-unsaturated/α-hetero) is 1. The van der Waals surface area contributed by atoms with Crippen molar-refractivity contribution < 1.29 is 10.6 Å². The molecule has 0 heterocycles. The van der Waals surface area contributed by atoms with Gasteiger partial charge in [0.2, 0.25) is 0 Å². The summed E-state index contributed by atoms with van der Waals surface area (Å²) in [5.74, 6) is 3.37. The van der Waals surface area contributed by atoms with E-state index in [9.17, 15) is 4.79 Å². The van der Waals surface area contributed by atoms with E-state index in [1.54, 1.807) is 0 Å². The number of hydrogen-bond donors (Lipinski definition) is 3. The highest BCUT2D eigenvalue weighted by atomic mass is 16.1. The Balaban J connectivity index is 0. The summed E-state index contributed by atoms with van der Waals surface area (Å²) < 4.78 is 0. The largest absolute Gasteiger partial charge is 0.317 e. The highest BCUT2D eigenvalue weighted by molar-refractivity contribution is 5.77. The van der Waals surface area contributed by atoms with Crippen LogP contribution in [0.15, 0.2) is 0 Å². The van der Waals surface area contributed by atoms with Crippen molar-refractivity contribution in [1.82, 2.24) is 10.7 Å². The molecule has 0 radical (unpaired) electrons. The van der Waals surface area contributed by atoms with E-state index in [-0.39, 0.29) is 5.78 Å². The molecule has 0 saturated heterocycles. The van der Waals surface area contributed by atoms with Crippen LogP contribution in [0.25, 0.3) is 0 Å². The zero-order chi connectivity index (χ0) is 9.11. The van der Waals surface area contributed by atoms with Crippen molar-refractivity contribution in [3.8, 4) is 0 Å². The van der Waals surface area contributed by atoms with Crippen LogP contribution in [-0.2, 0) is 4.79 Å². The molecule has 0 aliphatic rings. The Morgan fingerprint density at radius 2 is 1.82 bits per heavy atom. The van der Waals surface area contributed by atoms with E-state index in [4.69, 9.17) is 0 Å². The summed E-state index contributed by atoms with van der Waals surface area (Å²) in [4.78, 5) is 9.94. The van der Waals surface area contributed by atoms with Gasteiger partial charge >= 0.3 is 0 Å². The Bertz CT molecular complexity index is 83.8. The Hall–Kier alpha value is -0.450. The maximum atomic E-state index is 9.94. The van der Waals surface area contributed by atoms with E-state index >= 15 is 0 Å². The first-order valence-electron chi connectivity index (χ1n) is 3.89. The van der Waals surface area contributed by atoms with Gasteiger partial charge in [-0.15, -0.1) is 0 Å². The third-order valence-corrected chi connectivity index (χ3v) is 0.874. The number of nitrogens with one attached hydrogen (secondary N) is 2. The van der Waals surface area contributed by atoms with Crippen LogP contribution in [-0.4, -0.2) is 25.4 Å². The molecule has 4 heteroatoms. The van der Waals surface area contributed by atoms with Crippen molar-refractivity contribution in [3.63, 3.8) is 0 Å². The molecule has 0 aliphatic heterocycles. The lowest BCUT2D eigenvalue weighted by molar-refractivity contribution is -0.440. The number of carbonyl (C=O) groups is 1. The topological polar surface area (TPSA) is 68.8 Å². The van der Waals surface area contributed by atoms with Crippen molar-refractivity contribution in [3.05, 3.63) is 0 Å². The number of quaternary nitrogens is 1. The van der Waals surface area contributed by atoms with Crippen LogP contribution >= 0.6 is 0 Å². The van der Waals surface area contributed by atoms with Crippen molar-refractivity contribution >= 4 is 5.78 Å². The molecule has 0 atom stereocenters. The summed E-state index contributed by atoms with van der Waals surface area (Å²) in [6.45, 7) is 8.28. The first-order chi connectivity index (χ1) is 5.18. The summed E-state index contributed by atoms with van der Waals surface area (Å²) in [6.07, 6.45) is 0. The van der Waals surface area contributed by atoms with Crippen LogP contribution < -0.4 is 16.6 Å². The molecule has 5 N–H and O–H groups in total. The molecule has 0 amide bonds. The van der Waals surface area contributed by atoms with E-state index in [0.29, 0.717) is 6.54 Å². The molecule has 0 aromatic heterocycles. The molecule has 0 aromatic carbocycles. The van der Waals surface area contributed by atoms with Crippen LogP contribution in [0, 0.1) is 0 Å². The molecule has 0 spiro atoms. The van der Waals surface area contributed by atoms with Gasteiger partial charge in [0, 0.05) is 0 Å². The Morgan fingerprint density at radius 1 is 1.36 bits per heavy atom. The summed E-state index contributed by atoms with van der Waals surface area (Å²) in [5, 5.41) is 3.11. The third-order valence-electron chi connectivity index (χ3n) is 0.874. The highest BCUT2D eigenvalue weighted by Crippen LogP contribution is 1.54. The van der Waals surface area contributed by atoms with Crippen LogP contribution in [0.4, 0.5) is 0 Å². The Kier molecular flexibility index (Phi) is 14.7. The number of carbonyl (C=O) groups excluding carboxylic acids is 1. The van der Waals surface area contributed by atoms with Gasteiger partial charge in [0.1, 0.15) is 12.3 Å². The van der Waals surface area contributed by atoms with Crippen molar-refractivity contribution in [2.45, 2.75) is 20.8 Å². The summed E-state index contributed by atoms with van der Waals surface area (Å²) in [5.41, 5.74) is 2.47. The lowest BCUT2D eigenvalue weighted by atomic mass is 10.5. The molecule has 0 fully saturated rings. The lowest BCUT2D eigenvalue weighted by Crippen LogP contribution is -2.65. The summed E-state index contributed by atoms with van der Waals surface area (Å²) in [7, 11) is 0. The maximum Gasteiger partial charge on any atom is 0.148 e. The summed E-state index contributed by atoms with van der Waals surface area (Å²) >= 11 is 0. The number of hydrogen-bond acceptors (Lipinski definition) is 3. The fourth-order valence-corrected chi connectivity index (χ4v) is 0.426. The molecule has 0 unspecified atom stereocenters. The normalized spacial score (nSPS) is 8.36. The fraction of sp³-hybridized carbons (Fsp3) is 0.857. The van der Waals surface area contributed by atoms with Gasteiger partial charge < -0.3 is 5.32 Å². The van der Waals surface area contributed by atoms with E-state index in [1.165, 1.54) is 6.92 Å². The average molecular weight is 162 g/mol. The van der Waals surface area contributed by atoms with Gasteiger partial charge in [0.25, 0.3) is 0 Å². The zero-order valence-electron chi connectivity index (χ0n) is 7.74. The van der Waals surface area contributed by atoms with Gasteiger partial charge in [-0.1, -0.05) is 13.8 Å². The molecule has 0 rings (SSSR count). The smallest absolute Gasteiger partial charge is 0.148 e. The van der Waals surface area contributed by atoms with Gasteiger partial charge in [-0.3, -0.25) is 10.6 Å². The van der Waals surface area contributed by atoms with Crippen molar-refractivity contribution in [1.29, 1.82) is 0 Å². The standard InChI is InChI=1S/C4H11N.C3H8N2O/c1-3-5-4-2;1-3(6)2-5-4/h5H,3-4H2,1-2H3;5H,2,4H2,1H3/p+1. The third kappa shape index (κ3) is 26.3. The minimum atomic E-state index is 0.116. The predicted molar refractivity (Wildman–Crippen MR) is 45.8 cm³/mol. The lowest BCUT2D eigenvalue weighted by Gasteiger charge is -1.86. The molecule has 68 valence electrons. The van der Waals surface area contributed by atoms with Crippen LogP contribution in [0.3, 0.4) is 0 Å². The molecular formula is C7H20N3O+. The van der Waals surface area contributed by atoms with Gasteiger partial charge in [0.05, 0.1) is 0 Å².